The Labute approximate surface area is 184 Å². The van der Waals surface area contributed by atoms with Crippen molar-refractivity contribution in [3.05, 3.63) is 65.9 Å². The topological polar surface area (TPSA) is 62.2 Å². The molecular weight excluding hydrogens is 425 g/mol. The first-order valence-electron chi connectivity index (χ1n) is 10.1. The Morgan fingerprint density at radius 3 is 2.41 bits per heavy atom. The van der Waals surface area contributed by atoms with Crippen molar-refractivity contribution in [2.75, 3.05) is 18.7 Å². The minimum absolute atomic E-state index is 0.0169. The van der Waals surface area contributed by atoms with Gasteiger partial charge in [-0.25, -0.2) is 5.01 Å². The number of likely N-dealkylation sites (N-methyl/N-ethyl adjacent to an activating group) is 1. The molecule has 0 bridgehead atoms. The molecule has 0 fully saturated rings. The molecule has 1 aliphatic heterocycles. The number of hydrazine groups is 1. The Balaban J connectivity index is 1.76. The van der Waals surface area contributed by atoms with E-state index in [1.54, 1.807) is 36.4 Å². The number of benzene rings is 2. The van der Waals surface area contributed by atoms with Gasteiger partial charge < -0.3 is 14.6 Å². The van der Waals surface area contributed by atoms with Crippen LogP contribution in [-0.4, -0.2) is 42.1 Å². The second-order valence-electron chi connectivity index (χ2n) is 7.86. The van der Waals surface area contributed by atoms with Gasteiger partial charge in [-0.2, -0.15) is 0 Å². The summed E-state index contributed by atoms with van der Waals surface area (Å²) in [5.41, 5.74) is 2.32. The predicted octanol–water partition coefficient (Wildman–Crippen LogP) is 4.87. The molecule has 0 spiro atoms. The molecule has 32 heavy (non-hydrogen) atoms. The number of carbonyl (C=O) groups is 1. The van der Waals surface area contributed by atoms with Gasteiger partial charge in [-0.3, -0.25) is 9.80 Å². The number of aliphatic carboxylic acids is 1. The number of nitrogens with zero attached hydrogens (tertiary/aromatic N) is 2. The lowest BCUT2D eigenvalue weighted by molar-refractivity contribution is -0.274. The molecule has 1 N–H and O–H groups in total. The molecule has 172 valence electrons. The molecule has 0 saturated carbocycles. The van der Waals surface area contributed by atoms with Gasteiger partial charge in [-0.15, -0.1) is 13.2 Å². The van der Waals surface area contributed by atoms with Crippen LogP contribution >= 0.6 is 0 Å². The molecule has 3 rings (SSSR count). The third-order valence-corrected chi connectivity index (χ3v) is 5.04. The monoisotopic (exact) mass is 450 g/mol. The second-order valence-corrected chi connectivity index (χ2v) is 7.86. The molecule has 0 aliphatic carbocycles. The van der Waals surface area contributed by atoms with Crippen molar-refractivity contribution in [1.29, 1.82) is 0 Å². The third kappa shape index (κ3) is 5.94. The number of rotatable bonds is 8. The first-order valence-corrected chi connectivity index (χ1v) is 10.1. The fourth-order valence-electron chi connectivity index (χ4n) is 3.82. The van der Waals surface area contributed by atoms with Gasteiger partial charge in [-0.1, -0.05) is 26.0 Å². The zero-order valence-electron chi connectivity index (χ0n) is 18.0. The zero-order chi connectivity index (χ0) is 23.5. The number of alkyl halides is 3. The summed E-state index contributed by atoms with van der Waals surface area (Å²) in [5, 5.41) is 12.8. The Hall–Kier alpha value is -3.20. The van der Waals surface area contributed by atoms with Gasteiger partial charge >= 0.3 is 12.3 Å². The highest BCUT2D eigenvalue weighted by Crippen LogP contribution is 2.33. The van der Waals surface area contributed by atoms with E-state index in [1.807, 2.05) is 23.3 Å². The highest BCUT2D eigenvalue weighted by Gasteiger charge is 2.34. The lowest BCUT2D eigenvalue weighted by atomic mass is 9.98. The molecular formula is C23H25F3N2O4. The number of carboxylic acids is 1. The van der Waals surface area contributed by atoms with Crippen molar-refractivity contribution in [2.45, 2.75) is 32.7 Å². The largest absolute Gasteiger partial charge is 0.573 e. The minimum Gasteiger partial charge on any atom is -0.489 e. The Bertz CT molecular complexity index is 974. The summed E-state index contributed by atoms with van der Waals surface area (Å²) in [6, 6.07) is 12.6. The molecule has 0 aromatic heterocycles. The highest BCUT2D eigenvalue weighted by atomic mass is 19.4. The van der Waals surface area contributed by atoms with Crippen LogP contribution in [0.4, 0.5) is 18.9 Å². The second kappa shape index (κ2) is 9.52. The fraction of sp³-hybridized carbons (Fsp3) is 0.348. The van der Waals surface area contributed by atoms with E-state index < -0.39 is 12.3 Å². The average molecular weight is 450 g/mol. The number of hydrogen-bond acceptors (Lipinski definition) is 5. The quantitative estimate of drug-likeness (QED) is 0.620. The van der Waals surface area contributed by atoms with Gasteiger partial charge in [-0.05, 0) is 47.9 Å². The molecule has 1 heterocycles. The van der Waals surface area contributed by atoms with Gasteiger partial charge in [0.25, 0.3) is 0 Å². The summed E-state index contributed by atoms with van der Waals surface area (Å²) in [5.74, 6) is -0.380. The molecule has 0 saturated heterocycles. The van der Waals surface area contributed by atoms with E-state index in [4.69, 9.17) is 9.84 Å². The molecule has 0 amide bonds. The van der Waals surface area contributed by atoms with Gasteiger partial charge in [0.1, 0.15) is 18.1 Å². The Morgan fingerprint density at radius 2 is 1.81 bits per heavy atom. The van der Waals surface area contributed by atoms with Crippen molar-refractivity contribution in [3.8, 4) is 11.5 Å². The maximum absolute atomic E-state index is 12.4. The molecule has 1 atom stereocenters. The van der Waals surface area contributed by atoms with Crippen molar-refractivity contribution in [3.63, 3.8) is 0 Å². The summed E-state index contributed by atoms with van der Waals surface area (Å²) in [6.07, 6.45) is -2.91. The van der Waals surface area contributed by atoms with Crippen LogP contribution < -0.4 is 14.5 Å². The van der Waals surface area contributed by atoms with Gasteiger partial charge in [0, 0.05) is 18.8 Å². The summed E-state index contributed by atoms with van der Waals surface area (Å²) >= 11 is 0. The standard InChI is InChI=1S/C23H25F3N2O4/c1-15(2)22-17(14-31-20-6-4-5-16(11-20)12-21(29)30)13-28(27(22)3)18-7-9-19(10-8-18)32-23(24,25)26/h4-11,13,15,22H,12,14H2,1-3H3,(H,29,30). The lowest BCUT2D eigenvalue weighted by Crippen LogP contribution is -2.41. The normalized spacial score (nSPS) is 16.9. The Morgan fingerprint density at radius 1 is 1.12 bits per heavy atom. The summed E-state index contributed by atoms with van der Waals surface area (Å²) in [6.45, 7) is 4.44. The van der Waals surface area contributed by atoms with Crippen LogP contribution in [0, 0.1) is 5.92 Å². The molecule has 9 heteroatoms. The van der Waals surface area contributed by atoms with E-state index in [2.05, 4.69) is 18.6 Å². The van der Waals surface area contributed by atoms with E-state index in [0.717, 1.165) is 5.57 Å². The molecule has 6 nitrogen and oxygen atoms in total. The summed E-state index contributed by atoms with van der Waals surface area (Å²) in [4.78, 5) is 10.9. The fourth-order valence-corrected chi connectivity index (χ4v) is 3.82. The van der Waals surface area contributed by atoms with Crippen molar-refractivity contribution >= 4 is 11.7 Å². The maximum atomic E-state index is 12.4. The molecule has 0 radical (unpaired) electrons. The van der Waals surface area contributed by atoms with Crippen LogP contribution in [-0.2, 0) is 11.2 Å². The van der Waals surface area contributed by atoms with Gasteiger partial charge in [0.2, 0.25) is 0 Å². The van der Waals surface area contributed by atoms with Crippen LogP contribution in [0.2, 0.25) is 0 Å². The number of ether oxygens (including phenoxy) is 2. The molecule has 2 aromatic rings. The van der Waals surface area contributed by atoms with Gasteiger partial charge in [0.05, 0.1) is 18.2 Å². The van der Waals surface area contributed by atoms with E-state index in [9.17, 15) is 18.0 Å². The van der Waals surface area contributed by atoms with Crippen molar-refractivity contribution in [1.82, 2.24) is 5.01 Å². The first kappa shape index (κ1) is 23.5. The number of anilines is 1. The molecule has 2 aromatic carbocycles. The smallest absolute Gasteiger partial charge is 0.489 e. The average Bonchev–Trinajstić information content (AvgIpc) is 3.02. The first-order chi connectivity index (χ1) is 15.0. The van der Waals surface area contributed by atoms with E-state index in [1.165, 1.54) is 12.1 Å². The number of halogens is 3. The van der Waals surface area contributed by atoms with Crippen LogP contribution in [0.25, 0.3) is 0 Å². The van der Waals surface area contributed by atoms with E-state index in [-0.39, 0.29) is 30.7 Å². The zero-order valence-corrected chi connectivity index (χ0v) is 18.0. The van der Waals surface area contributed by atoms with Gasteiger partial charge in [0.15, 0.2) is 0 Å². The Kier molecular flexibility index (Phi) is 6.98. The SMILES string of the molecule is CC(C)C1C(COc2cccc(CC(=O)O)c2)=CN(c2ccc(OC(F)(F)F)cc2)N1C. The highest BCUT2D eigenvalue weighted by molar-refractivity contribution is 5.70. The lowest BCUT2D eigenvalue weighted by Gasteiger charge is -2.33. The van der Waals surface area contributed by atoms with E-state index >= 15 is 0 Å². The van der Waals surface area contributed by atoms with Crippen LogP contribution in [0.3, 0.4) is 0 Å². The predicted molar refractivity (Wildman–Crippen MR) is 113 cm³/mol. The summed E-state index contributed by atoms with van der Waals surface area (Å²) < 4.78 is 47.1. The van der Waals surface area contributed by atoms with Crippen LogP contribution in [0.15, 0.2) is 60.3 Å². The van der Waals surface area contributed by atoms with E-state index in [0.29, 0.717) is 17.0 Å². The maximum Gasteiger partial charge on any atom is 0.573 e. The summed E-state index contributed by atoms with van der Waals surface area (Å²) in [7, 11) is 1.90. The minimum atomic E-state index is -4.74. The van der Waals surface area contributed by atoms with Crippen molar-refractivity contribution < 1.29 is 32.5 Å². The third-order valence-electron chi connectivity index (χ3n) is 5.04. The van der Waals surface area contributed by atoms with Crippen LogP contribution in [0.1, 0.15) is 19.4 Å². The van der Waals surface area contributed by atoms with Crippen LogP contribution in [0.5, 0.6) is 11.5 Å². The molecule has 1 aliphatic rings. The van der Waals surface area contributed by atoms with Crippen molar-refractivity contribution in [2.24, 2.45) is 5.92 Å². The molecule has 1 unspecified atom stereocenters. The number of carboxylic acid groups (broad SMARTS) is 1. The number of hydrogen-bond donors (Lipinski definition) is 1.